The highest BCUT2D eigenvalue weighted by Gasteiger charge is 2.27. The van der Waals surface area contributed by atoms with Gasteiger partial charge in [0.1, 0.15) is 5.60 Å². The molecular weight excluding hydrogens is 360 g/mol. The van der Waals surface area contributed by atoms with Crippen LogP contribution in [-0.4, -0.2) is 84.6 Å². The molecule has 0 saturated carbocycles. The van der Waals surface area contributed by atoms with E-state index in [0.29, 0.717) is 32.6 Å². The van der Waals surface area contributed by atoms with E-state index in [9.17, 15) is 14.4 Å². The molecule has 0 radical (unpaired) electrons. The van der Waals surface area contributed by atoms with Gasteiger partial charge in [0.2, 0.25) is 5.91 Å². The van der Waals surface area contributed by atoms with Crippen molar-refractivity contribution in [2.45, 2.75) is 58.5 Å². The van der Waals surface area contributed by atoms with E-state index in [2.05, 4.69) is 5.32 Å². The van der Waals surface area contributed by atoms with Crippen molar-refractivity contribution in [1.82, 2.24) is 20.0 Å². The first-order chi connectivity index (χ1) is 13.2. The molecule has 2 rings (SSSR count). The van der Waals surface area contributed by atoms with Crippen LogP contribution in [0.25, 0.3) is 0 Å². The average Bonchev–Trinajstić information content (AvgIpc) is 3.02. The Labute approximate surface area is 168 Å². The Morgan fingerprint density at radius 1 is 1.25 bits per heavy atom. The Morgan fingerprint density at radius 2 is 2.00 bits per heavy atom. The van der Waals surface area contributed by atoms with Gasteiger partial charge < -0.3 is 24.8 Å². The second kappa shape index (κ2) is 9.98. The Balaban J connectivity index is 1.69. The molecule has 2 saturated heterocycles. The van der Waals surface area contributed by atoms with Crippen molar-refractivity contribution in [1.29, 1.82) is 0 Å². The number of piperidine rings is 1. The third-order valence-electron chi connectivity index (χ3n) is 5.10. The van der Waals surface area contributed by atoms with Crippen LogP contribution in [0.2, 0.25) is 0 Å². The van der Waals surface area contributed by atoms with Crippen molar-refractivity contribution in [3.05, 3.63) is 0 Å². The first-order valence-corrected chi connectivity index (χ1v) is 10.4. The molecule has 160 valence electrons. The smallest absolute Gasteiger partial charge is 0.410 e. The van der Waals surface area contributed by atoms with Crippen LogP contribution in [0.3, 0.4) is 0 Å². The number of nitrogens with zero attached hydrogens (tertiary/aromatic N) is 3. The molecule has 0 aromatic rings. The fourth-order valence-electron chi connectivity index (χ4n) is 3.72. The molecule has 0 aromatic carbocycles. The molecule has 1 N–H and O–H groups in total. The Bertz CT molecular complexity index is 561. The molecule has 8 heteroatoms. The van der Waals surface area contributed by atoms with Gasteiger partial charge in [0.25, 0.3) is 0 Å². The number of nitrogens with one attached hydrogen (secondary N) is 1. The normalized spacial score (nSPS) is 20.3. The van der Waals surface area contributed by atoms with E-state index in [0.717, 1.165) is 38.8 Å². The van der Waals surface area contributed by atoms with Gasteiger partial charge in [-0.15, -0.1) is 0 Å². The van der Waals surface area contributed by atoms with Gasteiger partial charge in [-0.05, 0) is 52.4 Å². The second-order valence-corrected chi connectivity index (χ2v) is 8.88. The predicted octanol–water partition coefficient (Wildman–Crippen LogP) is 2.29. The van der Waals surface area contributed by atoms with Gasteiger partial charge in [-0.25, -0.2) is 9.59 Å². The topological polar surface area (TPSA) is 82.2 Å². The van der Waals surface area contributed by atoms with Crippen LogP contribution in [0.1, 0.15) is 52.9 Å². The molecule has 0 unspecified atom stereocenters. The highest BCUT2D eigenvalue weighted by Crippen LogP contribution is 2.19. The summed E-state index contributed by atoms with van der Waals surface area (Å²) in [5.41, 5.74) is -0.510. The van der Waals surface area contributed by atoms with E-state index in [1.165, 1.54) is 0 Å². The van der Waals surface area contributed by atoms with Gasteiger partial charge in [-0.3, -0.25) is 4.79 Å². The summed E-state index contributed by atoms with van der Waals surface area (Å²) in [5, 5.41) is 2.96. The number of ether oxygens (including phenoxy) is 1. The summed E-state index contributed by atoms with van der Waals surface area (Å²) in [6.07, 6.45) is 3.97. The lowest BCUT2D eigenvalue weighted by Gasteiger charge is -2.35. The number of amides is 4. The van der Waals surface area contributed by atoms with E-state index >= 15 is 0 Å². The minimum absolute atomic E-state index is 0.0580. The van der Waals surface area contributed by atoms with Crippen LogP contribution < -0.4 is 5.32 Å². The maximum atomic E-state index is 12.4. The van der Waals surface area contributed by atoms with Gasteiger partial charge >= 0.3 is 12.1 Å². The summed E-state index contributed by atoms with van der Waals surface area (Å²) in [5.74, 6) is 0.471. The Hall–Kier alpha value is -1.99. The zero-order valence-corrected chi connectivity index (χ0v) is 17.8. The maximum absolute atomic E-state index is 12.4. The van der Waals surface area contributed by atoms with Crippen LogP contribution >= 0.6 is 0 Å². The molecule has 0 bridgehead atoms. The van der Waals surface area contributed by atoms with Crippen molar-refractivity contribution in [3.63, 3.8) is 0 Å². The fourth-order valence-corrected chi connectivity index (χ4v) is 3.72. The van der Waals surface area contributed by atoms with Crippen molar-refractivity contribution in [2.24, 2.45) is 5.92 Å². The highest BCUT2D eigenvalue weighted by molar-refractivity contribution is 5.78. The quantitative estimate of drug-likeness (QED) is 0.699. The van der Waals surface area contributed by atoms with E-state index in [1.807, 2.05) is 30.6 Å². The summed E-state index contributed by atoms with van der Waals surface area (Å²) in [6, 6.07) is -0.0580. The second-order valence-electron chi connectivity index (χ2n) is 8.88. The standard InChI is InChI=1S/C20H36N4O4/c1-20(2,3)28-19(27)22(4)14-16-8-5-12-24(15-16)18(26)21-10-7-13-23-11-6-9-17(23)25/h16H,5-15H2,1-4H3,(H,21,26)/t16-/m1/s1. The van der Waals surface area contributed by atoms with Crippen LogP contribution in [0.5, 0.6) is 0 Å². The molecule has 1 atom stereocenters. The molecule has 2 aliphatic rings. The van der Waals surface area contributed by atoms with E-state index < -0.39 is 5.60 Å². The van der Waals surface area contributed by atoms with Gasteiger partial charge in [-0.2, -0.15) is 0 Å². The van der Waals surface area contributed by atoms with Crippen LogP contribution in [-0.2, 0) is 9.53 Å². The number of likely N-dealkylation sites (tertiary alicyclic amines) is 2. The van der Waals surface area contributed by atoms with Gasteiger partial charge in [-0.1, -0.05) is 0 Å². The van der Waals surface area contributed by atoms with E-state index in [1.54, 1.807) is 11.9 Å². The zero-order valence-electron chi connectivity index (χ0n) is 17.8. The lowest BCUT2D eigenvalue weighted by molar-refractivity contribution is -0.127. The summed E-state index contributed by atoms with van der Waals surface area (Å²) >= 11 is 0. The molecule has 0 aromatic heterocycles. The molecule has 0 aliphatic carbocycles. The van der Waals surface area contributed by atoms with Crippen molar-refractivity contribution in [2.75, 3.05) is 46.3 Å². The van der Waals surface area contributed by atoms with Gasteiger partial charge in [0, 0.05) is 52.7 Å². The fraction of sp³-hybridized carbons (Fsp3) is 0.850. The highest BCUT2D eigenvalue weighted by atomic mass is 16.6. The molecule has 2 fully saturated rings. The first-order valence-electron chi connectivity index (χ1n) is 10.4. The van der Waals surface area contributed by atoms with Crippen LogP contribution in [0.4, 0.5) is 9.59 Å². The van der Waals surface area contributed by atoms with Crippen LogP contribution in [0.15, 0.2) is 0 Å². The number of rotatable bonds is 6. The van der Waals surface area contributed by atoms with Gasteiger partial charge in [0.15, 0.2) is 0 Å². The summed E-state index contributed by atoms with van der Waals surface area (Å²) in [6.45, 7) is 9.64. The number of hydrogen-bond acceptors (Lipinski definition) is 4. The summed E-state index contributed by atoms with van der Waals surface area (Å²) < 4.78 is 5.40. The summed E-state index contributed by atoms with van der Waals surface area (Å²) in [7, 11) is 1.74. The lowest BCUT2D eigenvalue weighted by atomic mass is 9.98. The van der Waals surface area contributed by atoms with Gasteiger partial charge in [0.05, 0.1) is 0 Å². The molecule has 4 amide bonds. The molecule has 0 spiro atoms. The maximum Gasteiger partial charge on any atom is 0.410 e. The third kappa shape index (κ3) is 7.20. The molecule has 28 heavy (non-hydrogen) atoms. The monoisotopic (exact) mass is 396 g/mol. The zero-order chi connectivity index (χ0) is 20.7. The Kier molecular flexibility index (Phi) is 7.95. The Morgan fingerprint density at radius 3 is 2.64 bits per heavy atom. The lowest BCUT2D eigenvalue weighted by Crippen LogP contribution is -2.48. The number of hydrogen-bond donors (Lipinski definition) is 1. The minimum Gasteiger partial charge on any atom is -0.444 e. The first kappa shape index (κ1) is 22.3. The van der Waals surface area contributed by atoms with Crippen molar-refractivity contribution >= 4 is 18.0 Å². The molecule has 2 aliphatic heterocycles. The SMILES string of the molecule is CN(C[C@H]1CCCN(C(=O)NCCCN2CCCC2=O)C1)C(=O)OC(C)(C)C. The largest absolute Gasteiger partial charge is 0.444 e. The number of urea groups is 1. The predicted molar refractivity (Wildman–Crippen MR) is 107 cm³/mol. The van der Waals surface area contributed by atoms with E-state index in [-0.39, 0.29) is 23.9 Å². The molecule has 2 heterocycles. The minimum atomic E-state index is -0.510. The van der Waals surface area contributed by atoms with Crippen LogP contribution in [0, 0.1) is 5.92 Å². The number of carbonyl (C=O) groups excluding carboxylic acids is 3. The summed E-state index contributed by atoms with van der Waals surface area (Å²) in [4.78, 5) is 41.5. The van der Waals surface area contributed by atoms with E-state index in [4.69, 9.17) is 4.74 Å². The average molecular weight is 397 g/mol. The molecule has 8 nitrogen and oxygen atoms in total. The van der Waals surface area contributed by atoms with Crippen molar-refractivity contribution in [3.8, 4) is 0 Å². The van der Waals surface area contributed by atoms with Crippen molar-refractivity contribution < 1.29 is 19.1 Å². The molecular formula is C20H36N4O4. The third-order valence-corrected chi connectivity index (χ3v) is 5.10. The number of carbonyl (C=O) groups is 3.